The maximum absolute atomic E-state index is 3.60. The molecule has 0 saturated carbocycles. The first-order chi connectivity index (χ1) is 6.61. The fourth-order valence-corrected chi connectivity index (χ4v) is 1.42. The van der Waals surface area contributed by atoms with Gasteiger partial charge in [0, 0.05) is 12.1 Å². The molecule has 0 aliphatic carbocycles. The zero-order valence-corrected chi connectivity index (χ0v) is 9.62. The maximum Gasteiger partial charge on any atom is 0.0294 e. The van der Waals surface area contributed by atoms with Gasteiger partial charge in [-0.15, -0.1) is 0 Å². The van der Waals surface area contributed by atoms with Crippen LogP contribution in [0.1, 0.15) is 39.3 Å². The van der Waals surface area contributed by atoms with Crippen LogP contribution in [0.15, 0.2) is 30.3 Å². The van der Waals surface area contributed by atoms with Gasteiger partial charge in [-0.25, -0.2) is 0 Å². The number of hydrogen-bond donors (Lipinski definition) is 1. The molecule has 2 unspecified atom stereocenters. The van der Waals surface area contributed by atoms with Crippen LogP contribution in [0.5, 0.6) is 0 Å². The second-order valence-electron chi connectivity index (χ2n) is 4.33. The summed E-state index contributed by atoms with van der Waals surface area (Å²) >= 11 is 0. The number of hydrogen-bond acceptors (Lipinski definition) is 1. The molecule has 0 fully saturated rings. The summed E-state index contributed by atoms with van der Waals surface area (Å²) in [7, 11) is 0. The van der Waals surface area contributed by atoms with E-state index in [0.717, 1.165) is 0 Å². The van der Waals surface area contributed by atoms with Crippen molar-refractivity contribution < 1.29 is 0 Å². The molecule has 0 heterocycles. The number of nitrogens with one attached hydrogen (secondary N) is 1. The molecule has 0 saturated heterocycles. The summed E-state index contributed by atoms with van der Waals surface area (Å²) in [6, 6.07) is 11.6. The molecule has 1 aromatic rings. The minimum Gasteiger partial charge on any atom is -0.307 e. The highest BCUT2D eigenvalue weighted by Crippen LogP contribution is 2.13. The van der Waals surface area contributed by atoms with Crippen LogP contribution in [0.4, 0.5) is 0 Å². The Balaban J connectivity index is 2.55. The Labute approximate surface area is 87.5 Å². The smallest absolute Gasteiger partial charge is 0.0294 e. The third-order valence-electron chi connectivity index (χ3n) is 2.81. The lowest BCUT2D eigenvalue weighted by Gasteiger charge is -2.23. The Morgan fingerprint density at radius 1 is 0.929 bits per heavy atom. The zero-order valence-electron chi connectivity index (χ0n) is 9.62. The average molecular weight is 191 g/mol. The standard InChI is InChI=1S/C13H21N/c1-10(2)11(3)14-12(4)13-8-6-5-7-9-13/h5-12,14H,1-4H3. The molecule has 0 aromatic heterocycles. The van der Waals surface area contributed by atoms with Crippen LogP contribution in [-0.2, 0) is 0 Å². The van der Waals surface area contributed by atoms with E-state index < -0.39 is 0 Å². The van der Waals surface area contributed by atoms with E-state index in [1.165, 1.54) is 5.56 Å². The van der Waals surface area contributed by atoms with Crippen molar-refractivity contribution in [2.24, 2.45) is 5.92 Å². The predicted molar refractivity (Wildman–Crippen MR) is 62.3 cm³/mol. The van der Waals surface area contributed by atoms with E-state index in [1.54, 1.807) is 0 Å². The first-order valence-electron chi connectivity index (χ1n) is 5.42. The van der Waals surface area contributed by atoms with Crippen molar-refractivity contribution >= 4 is 0 Å². The summed E-state index contributed by atoms with van der Waals surface area (Å²) in [4.78, 5) is 0. The molecule has 78 valence electrons. The largest absolute Gasteiger partial charge is 0.307 e. The van der Waals surface area contributed by atoms with Gasteiger partial charge in [-0.05, 0) is 25.3 Å². The molecule has 0 spiro atoms. The highest BCUT2D eigenvalue weighted by atomic mass is 14.9. The first kappa shape index (κ1) is 11.3. The fraction of sp³-hybridized carbons (Fsp3) is 0.538. The van der Waals surface area contributed by atoms with Crippen LogP contribution in [0.25, 0.3) is 0 Å². The SMILES string of the molecule is CC(NC(C)C(C)C)c1ccccc1. The van der Waals surface area contributed by atoms with Crippen LogP contribution in [0.2, 0.25) is 0 Å². The molecule has 0 bridgehead atoms. The van der Waals surface area contributed by atoms with Crippen molar-refractivity contribution in [1.82, 2.24) is 5.32 Å². The molecule has 1 heteroatoms. The third-order valence-corrected chi connectivity index (χ3v) is 2.81. The van der Waals surface area contributed by atoms with E-state index in [-0.39, 0.29) is 0 Å². The van der Waals surface area contributed by atoms with Crippen molar-refractivity contribution in [3.05, 3.63) is 35.9 Å². The molecular formula is C13H21N. The molecule has 1 nitrogen and oxygen atoms in total. The predicted octanol–water partition coefficient (Wildman–Crippen LogP) is 3.38. The van der Waals surface area contributed by atoms with Crippen LogP contribution in [-0.4, -0.2) is 6.04 Å². The van der Waals surface area contributed by atoms with Gasteiger partial charge >= 0.3 is 0 Å². The van der Waals surface area contributed by atoms with E-state index in [4.69, 9.17) is 0 Å². The maximum atomic E-state index is 3.60. The molecule has 0 radical (unpaired) electrons. The monoisotopic (exact) mass is 191 g/mol. The normalized spacial score (nSPS) is 15.5. The molecule has 0 aliphatic heterocycles. The molecule has 2 atom stereocenters. The van der Waals surface area contributed by atoms with Crippen molar-refractivity contribution in [2.45, 2.75) is 39.8 Å². The van der Waals surface area contributed by atoms with E-state index >= 15 is 0 Å². The molecular weight excluding hydrogens is 170 g/mol. The summed E-state index contributed by atoms with van der Waals surface area (Å²) in [5.41, 5.74) is 1.36. The van der Waals surface area contributed by atoms with Gasteiger partial charge < -0.3 is 5.32 Å². The van der Waals surface area contributed by atoms with Gasteiger partial charge in [0.15, 0.2) is 0 Å². The lowest BCUT2D eigenvalue weighted by Crippen LogP contribution is -2.32. The van der Waals surface area contributed by atoms with E-state index in [2.05, 4.69) is 63.3 Å². The lowest BCUT2D eigenvalue weighted by molar-refractivity contribution is 0.389. The highest BCUT2D eigenvalue weighted by molar-refractivity contribution is 5.18. The summed E-state index contributed by atoms with van der Waals surface area (Å²) in [6.07, 6.45) is 0. The first-order valence-corrected chi connectivity index (χ1v) is 5.42. The van der Waals surface area contributed by atoms with Gasteiger partial charge in [-0.2, -0.15) is 0 Å². The van der Waals surface area contributed by atoms with Gasteiger partial charge in [0.1, 0.15) is 0 Å². The van der Waals surface area contributed by atoms with Gasteiger partial charge in [0.25, 0.3) is 0 Å². The Morgan fingerprint density at radius 3 is 2.00 bits per heavy atom. The summed E-state index contributed by atoms with van der Waals surface area (Å²) in [5, 5.41) is 3.60. The molecule has 1 N–H and O–H groups in total. The summed E-state index contributed by atoms with van der Waals surface area (Å²) in [5.74, 6) is 0.682. The fourth-order valence-electron chi connectivity index (χ4n) is 1.42. The summed E-state index contributed by atoms with van der Waals surface area (Å²) < 4.78 is 0. The molecule has 1 aromatic carbocycles. The Bertz CT molecular complexity index is 253. The average Bonchev–Trinajstić information content (AvgIpc) is 2.19. The van der Waals surface area contributed by atoms with Crippen LogP contribution in [0.3, 0.4) is 0 Å². The minimum atomic E-state index is 0.439. The number of rotatable bonds is 4. The highest BCUT2D eigenvalue weighted by Gasteiger charge is 2.11. The van der Waals surface area contributed by atoms with Gasteiger partial charge in [0.05, 0.1) is 0 Å². The van der Waals surface area contributed by atoms with Crippen LogP contribution >= 0.6 is 0 Å². The van der Waals surface area contributed by atoms with Gasteiger partial charge in [-0.3, -0.25) is 0 Å². The van der Waals surface area contributed by atoms with E-state index in [9.17, 15) is 0 Å². The van der Waals surface area contributed by atoms with Crippen LogP contribution in [0, 0.1) is 5.92 Å². The topological polar surface area (TPSA) is 12.0 Å². The second kappa shape index (κ2) is 5.16. The Kier molecular flexibility index (Phi) is 4.15. The third kappa shape index (κ3) is 3.15. The Morgan fingerprint density at radius 2 is 1.50 bits per heavy atom. The van der Waals surface area contributed by atoms with Crippen LogP contribution < -0.4 is 5.32 Å². The van der Waals surface area contributed by atoms with Crippen molar-refractivity contribution in [3.8, 4) is 0 Å². The lowest BCUT2D eigenvalue weighted by atomic mass is 10.0. The molecule has 1 rings (SSSR count). The van der Waals surface area contributed by atoms with E-state index in [1.807, 2.05) is 0 Å². The molecule has 0 amide bonds. The summed E-state index contributed by atoms with van der Waals surface area (Å²) in [6.45, 7) is 8.95. The minimum absolute atomic E-state index is 0.439. The molecule has 14 heavy (non-hydrogen) atoms. The van der Waals surface area contributed by atoms with Crippen molar-refractivity contribution in [1.29, 1.82) is 0 Å². The van der Waals surface area contributed by atoms with Crippen molar-refractivity contribution in [3.63, 3.8) is 0 Å². The Hall–Kier alpha value is -0.820. The van der Waals surface area contributed by atoms with Crippen molar-refractivity contribution in [2.75, 3.05) is 0 Å². The van der Waals surface area contributed by atoms with Gasteiger partial charge in [0.2, 0.25) is 0 Å². The zero-order chi connectivity index (χ0) is 10.6. The quantitative estimate of drug-likeness (QED) is 0.769. The molecule has 0 aliphatic rings. The second-order valence-corrected chi connectivity index (χ2v) is 4.33. The number of benzene rings is 1. The van der Waals surface area contributed by atoms with E-state index in [0.29, 0.717) is 18.0 Å². The van der Waals surface area contributed by atoms with Gasteiger partial charge in [-0.1, -0.05) is 44.2 Å².